The van der Waals surface area contributed by atoms with Crippen molar-refractivity contribution < 1.29 is 14.7 Å². The molecule has 0 aliphatic carbocycles. The Morgan fingerprint density at radius 3 is 2.42 bits per heavy atom. The van der Waals surface area contributed by atoms with Crippen molar-refractivity contribution in [2.24, 2.45) is 10.9 Å². The van der Waals surface area contributed by atoms with E-state index in [0.717, 1.165) is 0 Å². The summed E-state index contributed by atoms with van der Waals surface area (Å²) in [7, 11) is 2.83. The number of nitrogens with zero attached hydrogens (tertiary/aromatic N) is 6. The predicted octanol–water partition coefficient (Wildman–Crippen LogP) is -0.831. The van der Waals surface area contributed by atoms with Crippen LogP contribution in [0.3, 0.4) is 0 Å². The number of oxime groups is 1. The zero-order chi connectivity index (χ0) is 13.8. The second-order valence-electron chi connectivity index (χ2n) is 3.21. The largest absolute Gasteiger partial charge is 0.467 e. The Bertz CT molecular complexity index is 587. The van der Waals surface area contributed by atoms with E-state index in [1.165, 1.54) is 25.0 Å². The lowest BCUT2D eigenvalue weighted by atomic mass is 10.5. The first-order chi connectivity index (χ1) is 9.19. The molecule has 0 atom stereocenters. The quantitative estimate of drug-likeness (QED) is 0.316. The minimum absolute atomic E-state index is 0.0704. The average Bonchev–Trinajstić information content (AvgIpc) is 2.95. The van der Waals surface area contributed by atoms with Crippen LogP contribution >= 0.6 is 0 Å². The molecule has 10 heteroatoms. The summed E-state index contributed by atoms with van der Waals surface area (Å²) in [6, 6.07) is 0.141. The van der Waals surface area contributed by atoms with Crippen LogP contribution in [0, 0.1) is 0 Å². The number of amidine groups is 1. The molecular weight excluding hydrogens is 254 g/mol. The van der Waals surface area contributed by atoms with Crippen LogP contribution in [-0.2, 0) is 0 Å². The van der Waals surface area contributed by atoms with E-state index in [4.69, 9.17) is 20.4 Å². The van der Waals surface area contributed by atoms with Crippen LogP contribution in [0.5, 0.6) is 12.0 Å². The van der Waals surface area contributed by atoms with Crippen LogP contribution in [-0.4, -0.2) is 49.8 Å². The maximum Gasteiger partial charge on any atom is 0.324 e. The Hall–Kier alpha value is -2.91. The van der Waals surface area contributed by atoms with E-state index in [1.807, 2.05) is 0 Å². The Balaban J connectivity index is 2.55. The van der Waals surface area contributed by atoms with Crippen molar-refractivity contribution in [2.75, 3.05) is 14.2 Å². The number of aromatic nitrogens is 5. The van der Waals surface area contributed by atoms with Gasteiger partial charge in [0.25, 0.3) is 0 Å². The number of hydrogen-bond donors (Lipinski definition) is 2. The topological polar surface area (TPSA) is 134 Å². The van der Waals surface area contributed by atoms with E-state index in [-0.39, 0.29) is 29.6 Å². The van der Waals surface area contributed by atoms with Crippen molar-refractivity contribution in [2.45, 2.75) is 0 Å². The fourth-order valence-electron chi connectivity index (χ4n) is 1.32. The van der Waals surface area contributed by atoms with Crippen LogP contribution in [0.2, 0.25) is 0 Å². The number of imidazole rings is 1. The lowest BCUT2D eigenvalue weighted by molar-refractivity contribution is 0.318. The first kappa shape index (κ1) is 12.5. The van der Waals surface area contributed by atoms with Crippen molar-refractivity contribution >= 4 is 5.84 Å². The Morgan fingerprint density at radius 1 is 1.26 bits per heavy atom. The minimum Gasteiger partial charge on any atom is -0.467 e. The van der Waals surface area contributed by atoms with Crippen LogP contribution < -0.4 is 15.2 Å². The van der Waals surface area contributed by atoms with Gasteiger partial charge in [-0.05, 0) is 0 Å². The fraction of sp³-hybridized carbons (Fsp3) is 0.222. The van der Waals surface area contributed by atoms with Crippen molar-refractivity contribution in [1.29, 1.82) is 0 Å². The molecular formula is C9H11N7O3. The standard InChI is InChI=1S/C9H11N7O3/c1-18-8-12-7(13-9(14-8)19-2)16-4-3-11-6(16)5(10)15-17/h3-4,17H,1-2H3,(H2,10,15). The maximum absolute atomic E-state index is 8.69. The van der Waals surface area contributed by atoms with Gasteiger partial charge < -0.3 is 20.4 Å². The molecule has 2 aromatic heterocycles. The van der Waals surface area contributed by atoms with Crippen molar-refractivity contribution in [3.05, 3.63) is 18.2 Å². The summed E-state index contributed by atoms with van der Waals surface area (Å²) in [5.41, 5.74) is 5.50. The van der Waals surface area contributed by atoms with Gasteiger partial charge in [0.05, 0.1) is 14.2 Å². The highest BCUT2D eigenvalue weighted by Crippen LogP contribution is 2.13. The molecule has 0 saturated carbocycles. The molecule has 3 N–H and O–H groups in total. The van der Waals surface area contributed by atoms with Crippen LogP contribution in [0.1, 0.15) is 5.82 Å². The van der Waals surface area contributed by atoms with Gasteiger partial charge in [-0.15, -0.1) is 4.98 Å². The Kier molecular flexibility index (Phi) is 3.41. The van der Waals surface area contributed by atoms with E-state index in [0.29, 0.717) is 0 Å². The summed E-state index contributed by atoms with van der Waals surface area (Å²) < 4.78 is 11.3. The fourth-order valence-corrected chi connectivity index (χ4v) is 1.32. The zero-order valence-electron chi connectivity index (χ0n) is 10.2. The van der Waals surface area contributed by atoms with Gasteiger partial charge in [0.15, 0.2) is 5.82 Å². The lowest BCUT2D eigenvalue weighted by Gasteiger charge is -2.07. The zero-order valence-corrected chi connectivity index (χ0v) is 10.2. The smallest absolute Gasteiger partial charge is 0.324 e. The molecule has 0 fully saturated rings. The maximum atomic E-state index is 8.69. The molecule has 2 heterocycles. The lowest BCUT2D eigenvalue weighted by Crippen LogP contribution is -2.20. The van der Waals surface area contributed by atoms with E-state index in [2.05, 4.69) is 25.1 Å². The predicted molar refractivity (Wildman–Crippen MR) is 62.6 cm³/mol. The SMILES string of the molecule is COc1nc(OC)nc(-n2ccnc2C(N)=NO)n1. The second-order valence-corrected chi connectivity index (χ2v) is 3.21. The van der Waals surface area contributed by atoms with Crippen LogP contribution in [0.15, 0.2) is 17.5 Å². The highest BCUT2D eigenvalue weighted by atomic mass is 16.5. The summed E-state index contributed by atoms with van der Waals surface area (Å²) >= 11 is 0. The third kappa shape index (κ3) is 2.36. The van der Waals surface area contributed by atoms with Gasteiger partial charge in [0, 0.05) is 12.4 Å². The Labute approximate surface area is 107 Å². The summed E-state index contributed by atoms with van der Waals surface area (Å²) in [5.74, 6) is 0.170. The molecule has 10 nitrogen and oxygen atoms in total. The molecule has 0 aliphatic rings. The number of nitrogens with two attached hydrogens (primary N) is 1. The van der Waals surface area contributed by atoms with Crippen molar-refractivity contribution in [3.63, 3.8) is 0 Å². The number of rotatable bonds is 4. The molecule has 0 bridgehead atoms. The van der Waals surface area contributed by atoms with Gasteiger partial charge in [0.1, 0.15) is 0 Å². The van der Waals surface area contributed by atoms with Gasteiger partial charge in [0.2, 0.25) is 11.8 Å². The van der Waals surface area contributed by atoms with E-state index < -0.39 is 0 Å². The third-order valence-corrected chi connectivity index (χ3v) is 2.14. The van der Waals surface area contributed by atoms with E-state index in [9.17, 15) is 0 Å². The molecule has 0 saturated heterocycles. The van der Waals surface area contributed by atoms with Crippen molar-refractivity contribution in [1.82, 2.24) is 24.5 Å². The number of hydrogen-bond acceptors (Lipinski definition) is 8. The monoisotopic (exact) mass is 265 g/mol. The van der Waals surface area contributed by atoms with Gasteiger partial charge in [-0.3, -0.25) is 4.57 Å². The molecule has 100 valence electrons. The van der Waals surface area contributed by atoms with Gasteiger partial charge in [-0.25, -0.2) is 4.98 Å². The first-order valence-corrected chi connectivity index (χ1v) is 5.05. The van der Waals surface area contributed by atoms with E-state index in [1.54, 1.807) is 6.20 Å². The molecule has 2 rings (SSSR count). The Morgan fingerprint density at radius 2 is 1.89 bits per heavy atom. The second kappa shape index (κ2) is 5.16. The molecule has 0 aromatic carbocycles. The first-order valence-electron chi connectivity index (χ1n) is 5.05. The van der Waals surface area contributed by atoms with Crippen LogP contribution in [0.25, 0.3) is 5.95 Å². The van der Waals surface area contributed by atoms with E-state index >= 15 is 0 Å². The highest BCUT2D eigenvalue weighted by Gasteiger charge is 2.14. The van der Waals surface area contributed by atoms with Gasteiger partial charge in [-0.1, -0.05) is 5.16 Å². The summed E-state index contributed by atoms with van der Waals surface area (Å²) in [6.45, 7) is 0. The normalized spacial score (nSPS) is 11.4. The third-order valence-electron chi connectivity index (χ3n) is 2.14. The molecule has 0 spiro atoms. The molecule has 0 radical (unpaired) electrons. The number of methoxy groups -OCH3 is 2. The average molecular weight is 265 g/mol. The van der Waals surface area contributed by atoms with Gasteiger partial charge in [-0.2, -0.15) is 9.97 Å². The van der Waals surface area contributed by atoms with Gasteiger partial charge >= 0.3 is 12.0 Å². The highest BCUT2D eigenvalue weighted by molar-refractivity contribution is 5.94. The summed E-state index contributed by atoms with van der Waals surface area (Å²) in [4.78, 5) is 15.9. The number of ether oxygens (including phenoxy) is 2. The summed E-state index contributed by atoms with van der Waals surface area (Å²) in [6.07, 6.45) is 3.00. The minimum atomic E-state index is -0.177. The molecule has 19 heavy (non-hydrogen) atoms. The van der Waals surface area contributed by atoms with Crippen LogP contribution in [0.4, 0.5) is 0 Å². The summed E-state index contributed by atoms with van der Waals surface area (Å²) in [5, 5.41) is 11.6. The molecule has 2 aromatic rings. The molecule has 0 aliphatic heterocycles. The molecule has 0 unspecified atom stereocenters. The van der Waals surface area contributed by atoms with Crippen molar-refractivity contribution in [3.8, 4) is 18.0 Å². The molecule has 0 amide bonds.